The van der Waals surface area contributed by atoms with Gasteiger partial charge in [0.25, 0.3) is 62.0 Å². The minimum Gasteiger partial charge on any atom is -0.478 e. The molecule has 0 spiro atoms. The molecule has 0 radical (unpaired) electrons. The number of nitrogens with one attached hydrogen (secondary N) is 3. The molecule has 4 bridgehead atoms. The number of fused-ring (bicyclic) bond motifs is 6. The quantitative estimate of drug-likeness (QED) is 0.0120. The van der Waals surface area contributed by atoms with E-state index in [0.29, 0.717) is 119 Å². The van der Waals surface area contributed by atoms with Crippen molar-refractivity contribution in [2.45, 2.75) is 320 Å². The summed E-state index contributed by atoms with van der Waals surface area (Å²) in [6.45, 7) is 30.0. The molecular weight excluding hydrogens is 2040 g/mol. The number of sulfonamides is 4. The summed E-state index contributed by atoms with van der Waals surface area (Å²) < 4.78 is 152. The third kappa shape index (κ3) is 34.9. The van der Waals surface area contributed by atoms with Gasteiger partial charge in [0.15, 0.2) is 37.6 Å². The zero-order valence-corrected chi connectivity index (χ0v) is 92.5. The van der Waals surface area contributed by atoms with Gasteiger partial charge in [0.05, 0.1) is 55.6 Å². The number of carboxylic acid groups (broad SMARTS) is 1. The molecule has 4 atom stereocenters. The van der Waals surface area contributed by atoms with Gasteiger partial charge in [-0.25, -0.2) is 70.3 Å². The average Bonchev–Trinajstić information content (AvgIpc) is 1.60. The van der Waals surface area contributed by atoms with Crippen LogP contribution in [0.1, 0.15) is 306 Å². The lowest BCUT2D eigenvalue weighted by Crippen LogP contribution is -2.41. The first-order chi connectivity index (χ1) is 69.5. The average molecular weight is 2190 g/mol. The molecule has 2 amide bonds. The summed E-state index contributed by atoms with van der Waals surface area (Å²) in [5.74, 6) is 3.46. The molecule has 7 fully saturated rings. The zero-order chi connectivity index (χ0) is 107. The molecule has 1 saturated heterocycles. The van der Waals surface area contributed by atoms with Crippen molar-refractivity contribution in [3.8, 4) is 35.1 Å². The number of aromatic carboxylic acids is 1. The summed E-state index contributed by atoms with van der Waals surface area (Å²) in [4.78, 5) is 52.5. The maximum absolute atomic E-state index is 13.5. The monoisotopic (exact) mass is 2180 g/mol. The van der Waals surface area contributed by atoms with E-state index in [2.05, 4.69) is 137 Å². The first-order valence-corrected chi connectivity index (χ1v) is 59.7. The van der Waals surface area contributed by atoms with E-state index in [9.17, 15) is 56.5 Å². The number of hydrogen-bond acceptors (Lipinski definition) is 28. The number of pyridine rings is 3. The number of primary sulfonamides is 2. The predicted molar refractivity (Wildman–Crippen MR) is 560 cm³/mol. The predicted octanol–water partition coefficient (Wildman–Crippen LogP) is 17.5. The molecule has 12 heterocycles. The van der Waals surface area contributed by atoms with E-state index in [0.717, 1.165) is 114 Å². The Hall–Kier alpha value is -10.3. The summed E-state index contributed by atoms with van der Waals surface area (Å²) >= 11 is 12.1. The Morgan fingerprint density at radius 3 is 1.39 bits per heavy atom. The second-order valence-electron chi connectivity index (χ2n) is 44.8. The molecule has 18 rings (SSSR count). The normalized spacial score (nSPS) is 20.3. The van der Waals surface area contributed by atoms with Crippen molar-refractivity contribution >= 4 is 97.0 Å². The maximum atomic E-state index is 13.5. The van der Waals surface area contributed by atoms with E-state index in [-0.39, 0.29) is 52.6 Å². The van der Waals surface area contributed by atoms with E-state index in [1.807, 2.05) is 4.72 Å². The van der Waals surface area contributed by atoms with Gasteiger partial charge in [-0.2, -0.15) is 45.6 Å². The van der Waals surface area contributed by atoms with Crippen LogP contribution in [0.2, 0.25) is 10.3 Å². The molecule has 10 aromatic rings. The molecular formula is C101H146Cl2N22O18S5. The number of aromatic nitrogens is 17. The second kappa shape index (κ2) is 48.6. The van der Waals surface area contributed by atoms with Gasteiger partial charge < -0.3 is 24.2 Å². The number of hydrogen-bond donors (Lipinski definition) is 6. The highest BCUT2D eigenvalue weighted by atomic mass is 35.5. The molecule has 47 heteroatoms. The highest BCUT2D eigenvalue weighted by Crippen LogP contribution is 2.51. The fourth-order valence-electron chi connectivity index (χ4n) is 19.5. The molecule has 8 N–H and O–H groups in total. The number of unbranched alkanes of at least 4 members (excludes halogenated alkanes) is 3. The van der Waals surface area contributed by atoms with Crippen LogP contribution in [0.5, 0.6) is 17.6 Å². The van der Waals surface area contributed by atoms with Crippen molar-refractivity contribution in [2.75, 3.05) is 44.1 Å². The number of aryl methyl sites for hydroxylation is 3. The minimum absolute atomic E-state index is 0.0354. The topological polar surface area (TPSA) is 533 Å². The molecule has 2 aliphatic heterocycles. The third-order valence-corrected chi connectivity index (χ3v) is 34.5. The molecule has 148 heavy (non-hydrogen) atoms. The summed E-state index contributed by atoms with van der Waals surface area (Å²) in [6, 6.07) is 20.0. The number of halogens is 2. The van der Waals surface area contributed by atoms with Crippen LogP contribution in [0.15, 0.2) is 142 Å². The van der Waals surface area contributed by atoms with Crippen LogP contribution >= 0.6 is 23.2 Å². The third-order valence-electron chi connectivity index (χ3n) is 29.2. The molecule has 10 aromatic heterocycles. The van der Waals surface area contributed by atoms with Crippen molar-refractivity contribution < 1.29 is 80.0 Å². The van der Waals surface area contributed by atoms with Gasteiger partial charge in [-0.3, -0.25) is 32.9 Å². The first-order valence-electron chi connectivity index (χ1n) is 51.1. The fourth-order valence-corrected chi connectivity index (χ4v) is 23.1. The minimum atomic E-state index is -4.19. The molecule has 4 unspecified atom stereocenters. The lowest BCUT2D eigenvalue weighted by molar-refractivity contribution is 0.0695. The number of ether oxygens (including phenoxy) is 3. The summed E-state index contributed by atoms with van der Waals surface area (Å²) in [6.07, 6.45) is 48.6. The number of carbonyl (C=O) groups excluding carboxylic acids is 2. The van der Waals surface area contributed by atoms with E-state index < -0.39 is 68.0 Å². The Bertz CT molecular complexity index is 6790. The number of carboxylic acids is 1. The van der Waals surface area contributed by atoms with Gasteiger partial charge in [0.1, 0.15) is 16.1 Å². The van der Waals surface area contributed by atoms with Crippen LogP contribution in [0.25, 0.3) is 17.5 Å². The van der Waals surface area contributed by atoms with Crippen LogP contribution in [-0.4, -0.2) is 194 Å². The number of carbonyl (C=O) groups is 3. The largest absolute Gasteiger partial charge is 0.478 e. The highest BCUT2D eigenvalue weighted by molar-refractivity contribution is 7.90. The van der Waals surface area contributed by atoms with Crippen LogP contribution in [-0.2, 0) is 74.0 Å². The van der Waals surface area contributed by atoms with Crippen LogP contribution in [0.3, 0.4) is 0 Å². The molecule has 6 aliphatic carbocycles. The fraction of sp³-hybridized carbons (Fsp3) is 0.614. The lowest BCUT2D eigenvalue weighted by atomic mass is 9.89. The van der Waals surface area contributed by atoms with Crippen molar-refractivity contribution in [1.29, 1.82) is 0 Å². The number of amides is 2. The van der Waals surface area contributed by atoms with E-state index in [4.69, 9.17) is 62.0 Å². The molecule has 8 aliphatic rings. The SMILES string of the molecule is CC1(C)CCC(CCCCOS(C)(=O)=O)C1.CC1(C)CCC(CCCCn2ccc(S(=O)(=O)NC(=O)c3ccc(-n4ccc(OCCC5(C)CC5)n4)nc3Cl)n2)C1.CC1(C)CCC(CCCCn2ccc(S(N)(=O)=O)n2)C1.CC1(CCOc2ccn(-c3ccc(C(=O)O)c(Cl)n3)n2)CC1.CC1(CCOc2ccn(-c3ccc4c(n3)N3CC(CCCCn5ccc(n5)S(=O)(=O)NC4=O)CC3(C)C)n2)CC1.NS(=O)(=O)c1ccn[nH]1. The summed E-state index contributed by atoms with van der Waals surface area (Å²) in [7, 11) is -18.8. The van der Waals surface area contributed by atoms with E-state index >= 15 is 0 Å². The summed E-state index contributed by atoms with van der Waals surface area (Å²) in [5.41, 5.74) is 2.56. The van der Waals surface area contributed by atoms with Crippen LogP contribution < -0.4 is 38.8 Å². The van der Waals surface area contributed by atoms with Crippen LogP contribution in [0, 0.1) is 56.2 Å². The Balaban J connectivity index is 0.000000157. The smallest absolute Gasteiger partial charge is 0.338 e. The maximum Gasteiger partial charge on any atom is 0.338 e. The molecule has 40 nitrogen and oxygen atoms in total. The van der Waals surface area contributed by atoms with Crippen LogP contribution in [0.4, 0.5) is 5.82 Å². The number of rotatable bonds is 37. The van der Waals surface area contributed by atoms with Gasteiger partial charge in [-0.15, -0.1) is 15.3 Å². The van der Waals surface area contributed by atoms with Gasteiger partial charge in [0, 0.05) is 87.1 Å². The van der Waals surface area contributed by atoms with Gasteiger partial charge in [0.2, 0.25) is 17.6 Å². The van der Waals surface area contributed by atoms with E-state index in [1.165, 1.54) is 180 Å². The summed E-state index contributed by atoms with van der Waals surface area (Å²) in [5, 5.41) is 49.1. The van der Waals surface area contributed by atoms with Gasteiger partial charge in [-0.1, -0.05) is 130 Å². The second-order valence-corrected chi connectivity index (χ2v) is 53.5. The number of H-pyrrole nitrogens is 1. The number of nitrogens with zero attached hydrogens (tertiary/aromatic N) is 17. The highest BCUT2D eigenvalue weighted by Gasteiger charge is 2.44. The Morgan fingerprint density at radius 1 is 0.507 bits per heavy atom. The van der Waals surface area contributed by atoms with Crippen molar-refractivity contribution in [3.63, 3.8) is 0 Å². The molecule has 6 saturated carbocycles. The zero-order valence-electron chi connectivity index (χ0n) is 86.9. The number of nitrogens with two attached hydrogens (primary N) is 2. The molecule has 812 valence electrons. The lowest BCUT2D eigenvalue weighted by Gasteiger charge is -2.34. The van der Waals surface area contributed by atoms with Crippen molar-refractivity contribution in [3.05, 3.63) is 149 Å². The molecule has 0 aromatic carbocycles. The number of anilines is 1. The first kappa shape index (κ1) is 115. The Morgan fingerprint density at radius 2 is 0.966 bits per heavy atom. The van der Waals surface area contributed by atoms with Gasteiger partial charge >= 0.3 is 5.97 Å². The van der Waals surface area contributed by atoms with Gasteiger partial charge in [-0.05, 0) is 285 Å². The number of aromatic amines is 1. The Labute approximate surface area is 879 Å². The van der Waals surface area contributed by atoms with Crippen molar-refractivity contribution in [2.24, 2.45) is 66.4 Å². The van der Waals surface area contributed by atoms with Crippen molar-refractivity contribution in [1.82, 2.24) is 93.3 Å². The standard InChI is InChI=1S/C29H39ClN6O4S.C28H37N7O4S.C15H16ClN3O3.C14H25N3O2S.C12H24O3S.C3H5N3O2S/c1-28(2)12-9-21(20-28)6-4-5-16-35-17-11-25(33-35)41(38,39)34-27(37)22-7-8-23(31-26(22)30)36-18-10-24(32-36)40-19-15-29(3)13-14-29;1-27(2)18-20-6-4-5-14-33-15-10-24(31-33)40(37,38)32-26(36)21-7-8-22(29-25(21)34(27)19-20)35-16-9-23(30-35)39-17-13-28(3)11-12-28;1-15(5-6-15)7-9-22-12-4-8-19(18-12)11-3-2-10(14(20)21)13(16)17-11;1-14(2)8-6-12(11-14)5-3-4-9-17-10-7-13(16-17)20(15,18)19;1-12(2)8-7-11(10-12)6-4-5-9-15-16(3,13)14;4-9(7,8)3-1-2-5-6-3/h7-8,10-11,17-18,21H,4-6,9,12-16,19-20H2,1-3H3,(H,34,37);7-10,15-16,20H,4-6,11-14,17-19H2,1-3H3,(H,32,36);2-4,8H,5-7,9H2,1H3,(H,20,21);7,10,12H,3-6,8-9,11H2,1-2H3,(H2,15,18,19);11H,4-10H2,1-3H3;1-2H,(H,5,6)(H2,4,7,8). The van der Waals surface area contributed by atoms with E-state index in [1.54, 1.807) is 92.3 Å². The Kier molecular flexibility index (Phi) is 37.7.